The summed E-state index contributed by atoms with van der Waals surface area (Å²) in [4.78, 5) is 39.7. The molecular formula is C32H35ClN6O5. The molecule has 44 heavy (non-hydrogen) atoms. The van der Waals surface area contributed by atoms with Gasteiger partial charge in [0.2, 0.25) is 5.91 Å². The summed E-state index contributed by atoms with van der Waals surface area (Å²) in [5, 5.41) is 15.5. The zero-order valence-electron chi connectivity index (χ0n) is 24.8. The van der Waals surface area contributed by atoms with Crippen molar-refractivity contribution in [3.63, 3.8) is 0 Å². The number of hydrogen-bond donors (Lipinski definition) is 4. The minimum Gasteiger partial charge on any atom is -0.495 e. The van der Waals surface area contributed by atoms with Crippen molar-refractivity contribution in [3.8, 4) is 22.8 Å². The predicted octanol–water partition coefficient (Wildman–Crippen LogP) is 3.44. The summed E-state index contributed by atoms with van der Waals surface area (Å²) < 4.78 is 11.5. The van der Waals surface area contributed by atoms with Gasteiger partial charge in [-0.2, -0.15) is 0 Å². The number of pyridine rings is 2. The van der Waals surface area contributed by atoms with Crippen molar-refractivity contribution in [3.05, 3.63) is 63.6 Å². The van der Waals surface area contributed by atoms with Gasteiger partial charge in [-0.3, -0.25) is 14.6 Å². The van der Waals surface area contributed by atoms with Crippen LogP contribution in [0.5, 0.6) is 11.5 Å². The van der Waals surface area contributed by atoms with Crippen LogP contribution >= 0.6 is 11.6 Å². The van der Waals surface area contributed by atoms with Crippen LogP contribution in [-0.4, -0.2) is 59.4 Å². The lowest BCUT2D eigenvalue weighted by Crippen LogP contribution is -2.44. The lowest BCUT2D eigenvalue weighted by molar-refractivity contribution is -0.123. The number of carbonyl (C=O) groups is 2. The standard InChI is InChI=1S/C32H35ClN6O5/c1-16-21(8-9-36-28(16)33)26-27-22(31(2,15-44-27)30(35)41)12-24(39-26)32(42,19-4-5-19)14-38-29(40)17-10-18(13-37-20-6-7-20)25(34)23(11-17)43-3/h8-13,19-20,42H,4-7,14-15,34H2,1-3H3,(H2,35,41)(H,38,40)/t31-,32+/m0/s1. The first-order chi connectivity index (χ1) is 21.0. The highest BCUT2D eigenvalue weighted by Crippen LogP contribution is 2.50. The van der Waals surface area contributed by atoms with Crippen LogP contribution in [0, 0.1) is 12.8 Å². The fraction of sp³-hybridized carbons (Fsp3) is 0.406. The number of hydrogen-bond acceptors (Lipinski definition) is 9. The van der Waals surface area contributed by atoms with Crippen molar-refractivity contribution in [2.75, 3.05) is 26.0 Å². The Morgan fingerprint density at radius 2 is 2.05 bits per heavy atom. The number of benzene rings is 1. The molecular weight excluding hydrogens is 584 g/mol. The fourth-order valence-corrected chi connectivity index (χ4v) is 5.70. The van der Waals surface area contributed by atoms with E-state index in [1.807, 2.05) is 6.92 Å². The van der Waals surface area contributed by atoms with Crippen LogP contribution in [0.4, 0.5) is 5.69 Å². The zero-order valence-corrected chi connectivity index (χ0v) is 25.6. The second-order valence-corrected chi connectivity index (χ2v) is 12.4. The predicted molar refractivity (Wildman–Crippen MR) is 166 cm³/mol. The van der Waals surface area contributed by atoms with Gasteiger partial charge in [-0.15, -0.1) is 0 Å². The third-order valence-electron chi connectivity index (χ3n) is 8.86. The topological polar surface area (TPSA) is 175 Å². The first-order valence-electron chi connectivity index (χ1n) is 14.6. The van der Waals surface area contributed by atoms with Gasteiger partial charge >= 0.3 is 0 Å². The molecule has 1 aromatic carbocycles. The number of nitrogens with zero attached hydrogens (tertiary/aromatic N) is 3. The van der Waals surface area contributed by atoms with Gasteiger partial charge in [-0.1, -0.05) is 11.6 Å². The second-order valence-electron chi connectivity index (χ2n) is 12.1. The van der Waals surface area contributed by atoms with E-state index >= 15 is 0 Å². The van der Waals surface area contributed by atoms with Crippen LogP contribution in [0.1, 0.15) is 65.3 Å². The number of fused-ring (bicyclic) bond motifs is 1. The van der Waals surface area contributed by atoms with Gasteiger partial charge < -0.3 is 31.4 Å². The van der Waals surface area contributed by atoms with E-state index in [0.717, 1.165) is 25.7 Å². The Hall–Kier alpha value is -4.22. The number of ether oxygens (including phenoxy) is 2. The quantitative estimate of drug-likeness (QED) is 0.152. The second kappa shape index (κ2) is 11.0. The van der Waals surface area contributed by atoms with Crippen molar-refractivity contribution in [2.24, 2.45) is 16.6 Å². The minimum absolute atomic E-state index is 0.0254. The van der Waals surface area contributed by atoms with Crippen molar-refractivity contribution in [1.82, 2.24) is 15.3 Å². The highest BCUT2D eigenvalue weighted by molar-refractivity contribution is 6.30. The molecule has 230 valence electrons. The van der Waals surface area contributed by atoms with E-state index in [2.05, 4.69) is 15.3 Å². The highest BCUT2D eigenvalue weighted by Gasteiger charge is 2.50. The van der Waals surface area contributed by atoms with Crippen molar-refractivity contribution >= 4 is 35.3 Å². The van der Waals surface area contributed by atoms with Crippen LogP contribution in [0.3, 0.4) is 0 Å². The summed E-state index contributed by atoms with van der Waals surface area (Å²) in [7, 11) is 1.49. The molecule has 0 bridgehead atoms. The number of aliphatic hydroxyl groups is 1. The number of halogens is 1. The van der Waals surface area contributed by atoms with E-state index in [0.29, 0.717) is 61.5 Å². The van der Waals surface area contributed by atoms with Crippen LogP contribution in [0.15, 0.2) is 35.5 Å². The van der Waals surface area contributed by atoms with Gasteiger partial charge in [0.1, 0.15) is 40.0 Å². The molecule has 2 fully saturated rings. The molecule has 3 aromatic rings. The van der Waals surface area contributed by atoms with Crippen molar-refractivity contribution in [1.29, 1.82) is 0 Å². The Balaban J connectivity index is 1.38. The summed E-state index contributed by atoms with van der Waals surface area (Å²) >= 11 is 6.36. The van der Waals surface area contributed by atoms with Gasteiger partial charge in [0.25, 0.3) is 5.91 Å². The number of amides is 2. The molecule has 6 N–H and O–H groups in total. The SMILES string of the molecule is COc1cc(C(=O)NC[C@](O)(c2cc3c(c(-c4ccnc(Cl)c4C)n2)OC[C@]3(C)C(N)=O)C2CC2)cc(C=NC2CC2)c1N. The van der Waals surface area contributed by atoms with Crippen LogP contribution in [0.25, 0.3) is 11.3 Å². The average Bonchev–Trinajstić information content (AvgIpc) is 3.94. The van der Waals surface area contributed by atoms with Crippen LogP contribution in [-0.2, 0) is 15.8 Å². The summed E-state index contributed by atoms with van der Waals surface area (Å²) in [6.45, 7) is 3.41. The molecule has 1 aliphatic heterocycles. The number of aromatic nitrogens is 2. The number of methoxy groups -OCH3 is 1. The molecule has 2 amide bonds. The molecule has 3 aliphatic rings. The smallest absolute Gasteiger partial charge is 0.251 e. The number of primary amides is 1. The molecule has 2 aromatic heterocycles. The third kappa shape index (κ3) is 5.24. The molecule has 2 saturated carbocycles. The Kier molecular flexibility index (Phi) is 7.49. The van der Waals surface area contributed by atoms with E-state index in [1.165, 1.54) is 7.11 Å². The number of nitrogens with one attached hydrogen (secondary N) is 1. The first-order valence-corrected chi connectivity index (χ1v) is 15.0. The average molecular weight is 619 g/mol. The lowest BCUT2D eigenvalue weighted by Gasteiger charge is -2.30. The fourth-order valence-electron chi connectivity index (χ4n) is 5.54. The Bertz CT molecular complexity index is 1700. The van der Waals surface area contributed by atoms with E-state index in [4.69, 9.17) is 37.5 Å². The first kappa shape index (κ1) is 29.8. The number of carbonyl (C=O) groups excluding carboxylic acids is 2. The van der Waals surface area contributed by atoms with Gasteiger partial charge in [-0.25, -0.2) is 9.97 Å². The summed E-state index contributed by atoms with van der Waals surface area (Å²) in [5.41, 5.74) is 13.2. The maximum absolute atomic E-state index is 13.5. The monoisotopic (exact) mass is 618 g/mol. The van der Waals surface area contributed by atoms with Gasteiger partial charge in [0.15, 0.2) is 0 Å². The van der Waals surface area contributed by atoms with Gasteiger partial charge in [-0.05, 0) is 75.3 Å². The van der Waals surface area contributed by atoms with Crippen LogP contribution < -0.4 is 26.3 Å². The number of anilines is 1. The highest BCUT2D eigenvalue weighted by atomic mass is 35.5. The van der Waals surface area contributed by atoms with Gasteiger partial charge in [0, 0.05) is 34.7 Å². The number of aliphatic imine (C=N–C) groups is 1. The normalized spacial score (nSPS) is 20.6. The minimum atomic E-state index is -1.56. The molecule has 2 aliphatic carbocycles. The lowest BCUT2D eigenvalue weighted by atomic mass is 9.81. The molecule has 0 spiro atoms. The molecule has 12 heteroatoms. The molecule has 2 atom stereocenters. The van der Waals surface area contributed by atoms with Crippen LogP contribution in [0.2, 0.25) is 5.15 Å². The zero-order chi connectivity index (χ0) is 31.4. The van der Waals surface area contributed by atoms with E-state index < -0.39 is 22.8 Å². The maximum atomic E-state index is 13.5. The molecule has 3 heterocycles. The summed E-state index contributed by atoms with van der Waals surface area (Å²) in [5.74, 6) is -0.406. The molecule has 0 radical (unpaired) electrons. The maximum Gasteiger partial charge on any atom is 0.251 e. The van der Waals surface area contributed by atoms with E-state index in [-0.39, 0.29) is 25.1 Å². The third-order valence-corrected chi connectivity index (χ3v) is 9.24. The van der Waals surface area contributed by atoms with Crippen molar-refractivity contribution in [2.45, 2.75) is 56.6 Å². The van der Waals surface area contributed by atoms with E-state index in [9.17, 15) is 14.7 Å². The molecule has 0 saturated heterocycles. The number of rotatable bonds is 10. The Morgan fingerprint density at radius 1 is 1.30 bits per heavy atom. The molecule has 0 unspecified atom stereocenters. The molecule has 6 rings (SSSR count). The van der Waals surface area contributed by atoms with Gasteiger partial charge in [0.05, 0.1) is 31.1 Å². The van der Waals surface area contributed by atoms with E-state index in [1.54, 1.807) is 43.6 Å². The summed E-state index contributed by atoms with van der Waals surface area (Å²) in [6.07, 6.45) is 6.78. The largest absolute Gasteiger partial charge is 0.495 e. The summed E-state index contributed by atoms with van der Waals surface area (Å²) in [6, 6.07) is 6.94. The number of nitrogen functional groups attached to an aromatic ring is 1. The Morgan fingerprint density at radius 3 is 2.70 bits per heavy atom. The molecule has 11 nitrogen and oxygen atoms in total. The Labute approximate surface area is 260 Å². The number of nitrogens with two attached hydrogens (primary N) is 2. The van der Waals surface area contributed by atoms with Crippen molar-refractivity contribution < 1.29 is 24.2 Å².